The summed E-state index contributed by atoms with van der Waals surface area (Å²) in [6, 6.07) is 0. The van der Waals surface area contributed by atoms with Crippen molar-refractivity contribution in [3.05, 3.63) is 27.0 Å². The van der Waals surface area contributed by atoms with Gasteiger partial charge < -0.3 is 5.11 Å². The maximum Gasteiger partial charge on any atom is 0.305 e. The number of rotatable bonds is 1. The summed E-state index contributed by atoms with van der Waals surface area (Å²) in [5, 5.41) is 19.1. The molecule has 1 N–H and O–H groups in total. The Kier molecular flexibility index (Phi) is 2.04. The van der Waals surface area contributed by atoms with Gasteiger partial charge in [0.05, 0.1) is 11.1 Å². The molecule has 1 heterocycles. The number of aromatic hydroxyl groups is 1. The molecule has 0 radical (unpaired) electrons. The van der Waals surface area contributed by atoms with Gasteiger partial charge in [-0.15, -0.1) is 0 Å². The highest BCUT2D eigenvalue weighted by Gasteiger charge is 2.14. The fourth-order valence-electron chi connectivity index (χ4n) is 0.550. The van der Waals surface area contributed by atoms with E-state index in [1.54, 1.807) is 0 Å². The Labute approximate surface area is 70.0 Å². The SMILES string of the molecule is O=[N+]([O-])c1cncc(O)c1Br. The van der Waals surface area contributed by atoms with Gasteiger partial charge in [0.15, 0.2) is 5.75 Å². The predicted molar refractivity (Wildman–Crippen MR) is 40.3 cm³/mol. The van der Waals surface area contributed by atoms with Gasteiger partial charge in [-0.3, -0.25) is 15.1 Å². The highest BCUT2D eigenvalue weighted by molar-refractivity contribution is 9.10. The largest absolute Gasteiger partial charge is 0.505 e. The van der Waals surface area contributed by atoms with Gasteiger partial charge in [-0.2, -0.15) is 0 Å². The van der Waals surface area contributed by atoms with Crippen LogP contribution in [0.2, 0.25) is 0 Å². The summed E-state index contributed by atoms with van der Waals surface area (Å²) in [4.78, 5) is 13.0. The molecule has 0 aliphatic rings. The zero-order valence-corrected chi connectivity index (χ0v) is 6.78. The Balaban J connectivity index is 3.27. The summed E-state index contributed by atoms with van der Waals surface area (Å²) in [6.45, 7) is 0. The minimum Gasteiger partial charge on any atom is -0.505 e. The lowest BCUT2D eigenvalue weighted by Gasteiger charge is -1.95. The topological polar surface area (TPSA) is 76.3 Å². The van der Waals surface area contributed by atoms with Crippen LogP contribution in [-0.2, 0) is 0 Å². The van der Waals surface area contributed by atoms with Crippen molar-refractivity contribution in [2.45, 2.75) is 0 Å². The van der Waals surface area contributed by atoms with Crippen LogP contribution in [0.25, 0.3) is 0 Å². The second kappa shape index (κ2) is 2.83. The van der Waals surface area contributed by atoms with Gasteiger partial charge in [0.25, 0.3) is 0 Å². The molecule has 0 fully saturated rings. The molecule has 1 aromatic heterocycles. The molecule has 6 heteroatoms. The number of nitro groups is 1. The van der Waals surface area contributed by atoms with E-state index in [1.807, 2.05) is 0 Å². The molecule has 0 bridgehead atoms. The Hall–Kier alpha value is -1.17. The van der Waals surface area contributed by atoms with Gasteiger partial charge in [0, 0.05) is 0 Å². The molecule has 0 saturated heterocycles. The van der Waals surface area contributed by atoms with Crippen molar-refractivity contribution in [3.8, 4) is 5.75 Å². The van der Waals surface area contributed by atoms with E-state index in [9.17, 15) is 10.1 Å². The van der Waals surface area contributed by atoms with Crippen molar-refractivity contribution in [1.29, 1.82) is 0 Å². The third-order valence-electron chi connectivity index (χ3n) is 1.04. The highest BCUT2D eigenvalue weighted by atomic mass is 79.9. The monoisotopic (exact) mass is 218 g/mol. The van der Waals surface area contributed by atoms with Crippen LogP contribution in [0.15, 0.2) is 16.9 Å². The minimum atomic E-state index is -0.628. The van der Waals surface area contributed by atoms with E-state index in [-0.39, 0.29) is 15.9 Å². The first-order valence-corrected chi connectivity index (χ1v) is 3.39. The van der Waals surface area contributed by atoms with E-state index in [0.717, 1.165) is 12.4 Å². The summed E-state index contributed by atoms with van der Waals surface area (Å²) in [5.41, 5.74) is -0.245. The van der Waals surface area contributed by atoms with Crippen LogP contribution in [0.1, 0.15) is 0 Å². The maximum atomic E-state index is 10.2. The van der Waals surface area contributed by atoms with Crippen molar-refractivity contribution in [3.63, 3.8) is 0 Å². The van der Waals surface area contributed by atoms with Gasteiger partial charge >= 0.3 is 5.69 Å². The molecule has 1 aromatic rings. The molecule has 11 heavy (non-hydrogen) atoms. The standard InChI is InChI=1S/C5H3BrN2O3/c6-5-3(8(10)11)1-7-2-4(5)9/h1-2,9H. The first-order valence-electron chi connectivity index (χ1n) is 2.60. The lowest BCUT2D eigenvalue weighted by atomic mass is 10.4. The van der Waals surface area contributed by atoms with Gasteiger partial charge in [-0.25, -0.2) is 0 Å². The molecule has 0 aliphatic carbocycles. The van der Waals surface area contributed by atoms with Crippen LogP contribution >= 0.6 is 15.9 Å². The second-order valence-corrected chi connectivity index (χ2v) is 2.54. The Morgan fingerprint density at radius 3 is 2.73 bits per heavy atom. The van der Waals surface area contributed by atoms with Crippen LogP contribution in [0.4, 0.5) is 5.69 Å². The average molecular weight is 219 g/mol. The molecule has 0 aliphatic heterocycles. The number of hydrogen-bond acceptors (Lipinski definition) is 4. The van der Waals surface area contributed by atoms with E-state index >= 15 is 0 Å². The van der Waals surface area contributed by atoms with E-state index in [0.29, 0.717) is 0 Å². The summed E-state index contributed by atoms with van der Waals surface area (Å²) >= 11 is 2.85. The lowest BCUT2D eigenvalue weighted by molar-refractivity contribution is -0.386. The Morgan fingerprint density at radius 1 is 1.64 bits per heavy atom. The molecule has 0 spiro atoms. The molecular formula is C5H3BrN2O3. The van der Waals surface area contributed by atoms with E-state index in [1.165, 1.54) is 0 Å². The summed E-state index contributed by atoms with van der Waals surface area (Å²) < 4.78 is 0.0532. The van der Waals surface area contributed by atoms with Crippen LogP contribution in [-0.4, -0.2) is 15.0 Å². The molecule has 0 amide bonds. The number of pyridine rings is 1. The fourth-order valence-corrected chi connectivity index (χ4v) is 0.900. The molecule has 0 aromatic carbocycles. The predicted octanol–water partition coefficient (Wildman–Crippen LogP) is 1.46. The summed E-state index contributed by atoms with van der Waals surface area (Å²) in [7, 11) is 0. The fraction of sp³-hybridized carbons (Fsp3) is 0. The summed E-state index contributed by atoms with van der Waals surface area (Å²) in [6.07, 6.45) is 2.18. The van der Waals surface area contributed by atoms with E-state index in [2.05, 4.69) is 20.9 Å². The molecule has 58 valence electrons. The van der Waals surface area contributed by atoms with E-state index < -0.39 is 4.92 Å². The van der Waals surface area contributed by atoms with Crippen LogP contribution in [0.3, 0.4) is 0 Å². The average Bonchev–Trinajstić information content (AvgIpc) is 1.94. The number of aromatic nitrogens is 1. The number of nitrogens with zero attached hydrogens (tertiary/aromatic N) is 2. The van der Waals surface area contributed by atoms with E-state index in [4.69, 9.17) is 5.11 Å². The van der Waals surface area contributed by atoms with Crippen molar-refractivity contribution in [1.82, 2.24) is 4.98 Å². The molecular weight excluding hydrogens is 216 g/mol. The van der Waals surface area contributed by atoms with Crippen molar-refractivity contribution in [2.75, 3.05) is 0 Å². The third-order valence-corrected chi connectivity index (χ3v) is 1.85. The first-order chi connectivity index (χ1) is 5.13. The van der Waals surface area contributed by atoms with Crippen LogP contribution < -0.4 is 0 Å². The minimum absolute atomic E-state index is 0.0532. The third kappa shape index (κ3) is 1.45. The zero-order chi connectivity index (χ0) is 8.43. The quantitative estimate of drug-likeness (QED) is 0.572. The van der Waals surface area contributed by atoms with Crippen molar-refractivity contribution < 1.29 is 10.0 Å². The van der Waals surface area contributed by atoms with Gasteiger partial charge in [0.2, 0.25) is 0 Å². The van der Waals surface area contributed by atoms with Gasteiger partial charge in [0.1, 0.15) is 10.7 Å². The molecule has 0 atom stereocenters. The maximum absolute atomic E-state index is 10.2. The Morgan fingerprint density at radius 2 is 2.27 bits per heavy atom. The highest BCUT2D eigenvalue weighted by Crippen LogP contribution is 2.31. The smallest absolute Gasteiger partial charge is 0.305 e. The normalized spacial score (nSPS) is 9.55. The number of halogens is 1. The first kappa shape index (κ1) is 7.93. The van der Waals surface area contributed by atoms with Crippen LogP contribution in [0.5, 0.6) is 5.75 Å². The molecule has 5 nitrogen and oxygen atoms in total. The van der Waals surface area contributed by atoms with Crippen molar-refractivity contribution >= 4 is 21.6 Å². The Bertz CT molecular complexity index is 302. The van der Waals surface area contributed by atoms with Gasteiger partial charge in [-0.05, 0) is 15.9 Å². The van der Waals surface area contributed by atoms with Gasteiger partial charge in [-0.1, -0.05) is 0 Å². The lowest BCUT2D eigenvalue weighted by Crippen LogP contribution is -1.90. The van der Waals surface area contributed by atoms with Crippen molar-refractivity contribution in [2.24, 2.45) is 0 Å². The molecule has 0 saturated carbocycles. The van der Waals surface area contributed by atoms with Crippen LogP contribution in [0, 0.1) is 10.1 Å². The molecule has 1 rings (SSSR count). The summed E-state index contributed by atoms with van der Waals surface area (Å²) in [5.74, 6) is -0.237. The zero-order valence-electron chi connectivity index (χ0n) is 5.19. The second-order valence-electron chi connectivity index (χ2n) is 1.75. The number of hydrogen-bond donors (Lipinski definition) is 1. The molecule has 0 unspecified atom stereocenters.